The molecule has 1 aliphatic rings. The maximum Gasteiger partial charge on any atom is 0.251 e. The molecule has 1 aromatic carbocycles. The summed E-state index contributed by atoms with van der Waals surface area (Å²) in [7, 11) is -2.18. The zero-order valence-corrected chi connectivity index (χ0v) is 15.7. The minimum atomic E-state index is -3.69. The molecule has 9 heteroatoms. The Hall–Kier alpha value is -1.97. The zero-order valence-electron chi connectivity index (χ0n) is 14.9. The van der Waals surface area contributed by atoms with Crippen molar-refractivity contribution in [3.63, 3.8) is 0 Å². The molecule has 0 aromatic heterocycles. The maximum atomic E-state index is 13.0. The molecule has 1 fully saturated rings. The summed E-state index contributed by atoms with van der Waals surface area (Å²) in [6.45, 7) is 0.946. The number of sulfonamides is 1. The lowest BCUT2D eigenvalue weighted by Gasteiger charge is -2.34. The first kappa shape index (κ1) is 20.3. The molecule has 26 heavy (non-hydrogen) atoms. The van der Waals surface area contributed by atoms with E-state index in [0.717, 1.165) is 12.8 Å². The molecule has 2 rings (SSSR count). The minimum absolute atomic E-state index is 0.144. The van der Waals surface area contributed by atoms with E-state index in [1.54, 1.807) is 0 Å². The first-order valence-corrected chi connectivity index (χ1v) is 10.1. The molecule has 0 spiro atoms. The van der Waals surface area contributed by atoms with Gasteiger partial charge in [0.15, 0.2) is 0 Å². The van der Waals surface area contributed by atoms with Crippen LogP contribution in [0.3, 0.4) is 0 Å². The third kappa shape index (κ3) is 4.80. The Morgan fingerprint density at radius 2 is 1.92 bits per heavy atom. The highest BCUT2D eigenvalue weighted by Crippen LogP contribution is 2.25. The van der Waals surface area contributed by atoms with Gasteiger partial charge in [0.1, 0.15) is 0 Å². The van der Waals surface area contributed by atoms with E-state index < -0.39 is 10.0 Å². The lowest BCUT2D eigenvalue weighted by Crippen LogP contribution is -2.49. The average molecular weight is 382 g/mol. The number of piperidine rings is 1. The summed E-state index contributed by atoms with van der Waals surface area (Å²) >= 11 is 0. The second kappa shape index (κ2) is 9.11. The van der Waals surface area contributed by atoms with E-state index in [1.165, 1.54) is 35.6 Å². The molecule has 1 saturated heterocycles. The molecule has 1 atom stereocenters. The molecule has 0 bridgehead atoms. The van der Waals surface area contributed by atoms with Crippen LogP contribution < -0.4 is 16.4 Å². The molecular weight excluding hydrogens is 356 g/mol. The van der Waals surface area contributed by atoms with Gasteiger partial charge in [-0.15, -0.1) is 0 Å². The fourth-order valence-corrected chi connectivity index (χ4v) is 4.70. The van der Waals surface area contributed by atoms with E-state index in [-0.39, 0.29) is 42.3 Å². The normalized spacial score (nSPS) is 18.3. The quantitative estimate of drug-likeness (QED) is 0.615. The van der Waals surface area contributed by atoms with Crippen molar-refractivity contribution in [3.05, 3.63) is 29.8 Å². The molecule has 1 unspecified atom stereocenters. The van der Waals surface area contributed by atoms with Gasteiger partial charge in [0.25, 0.3) is 5.91 Å². The van der Waals surface area contributed by atoms with Crippen molar-refractivity contribution < 1.29 is 18.0 Å². The number of carbonyl (C=O) groups is 2. The van der Waals surface area contributed by atoms with Crippen molar-refractivity contribution >= 4 is 21.8 Å². The van der Waals surface area contributed by atoms with Gasteiger partial charge in [0, 0.05) is 44.7 Å². The van der Waals surface area contributed by atoms with E-state index in [9.17, 15) is 18.0 Å². The van der Waals surface area contributed by atoms with Gasteiger partial charge in [0.2, 0.25) is 15.9 Å². The molecule has 0 saturated carbocycles. The summed E-state index contributed by atoms with van der Waals surface area (Å²) in [5, 5.41) is 5.26. The van der Waals surface area contributed by atoms with Crippen LogP contribution in [0, 0.1) is 0 Å². The maximum absolute atomic E-state index is 13.0. The zero-order chi connectivity index (χ0) is 19.2. The SMILES string of the molecule is CNC(=O)c1ccc(S(=O)(=O)N2CCCCC2CNC(=O)CCN)cc1. The van der Waals surface area contributed by atoms with Gasteiger partial charge in [-0.05, 0) is 37.1 Å². The highest BCUT2D eigenvalue weighted by molar-refractivity contribution is 7.89. The Bertz CT molecular complexity index is 734. The van der Waals surface area contributed by atoms with E-state index in [1.807, 2.05) is 0 Å². The third-order valence-corrected chi connectivity index (χ3v) is 6.40. The molecule has 1 heterocycles. The predicted molar refractivity (Wildman–Crippen MR) is 98.0 cm³/mol. The Kier molecular flexibility index (Phi) is 7.13. The Morgan fingerprint density at radius 1 is 1.23 bits per heavy atom. The van der Waals surface area contributed by atoms with Crippen LogP contribution in [-0.4, -0.2) is 57.3 Å². The largest absolute Gasteiger partial charge is 0.355 e. The first-order valence-electron chi connectivity index (χ1n) is 8.71. The van der Waals surface area contributed by atoms with Crippen LogP contribution in [0.2, 0.25) is 0 Å². The van der Waals surface area contributed by atoms with Crippen LogP contribution >= 0.6 is 0 Å². The van der Waals surface area contributed by atoms with Crippen LogP contribution in [0.4, 0.5) is 0 Å². The van der Waals surface area contributed by atoms with Crippen LogP contribution in [0.15, 0.2) is 29.2 Å². The van der Waals surface area contributed by atoms with Crippen molar-refractivity contribution in [2.75, 3.05) is 26.7 Å². The second-order valence-electron chi connectivity index (χ2n) is 6.21. The fourth-order valence-electron chi connectivity index (χ4n) is 3.00. The van der Waals surface area contributed by atoms with Gasteiger partial charge in [-0.3, -0.25) is 9.59 Å². The van der Waals surface area contributed by atoms with E-state index in [2.05, 4.69) is 10.6 Å². The molecule has 1 aromatic rings. The average Bonchev–Trinajstić information content (AvgIpc) is 2.66. The third-order valence-electron chi connectivity index (χ3n) is 4.43. The van der Waals surface area contributed by atoms with Crippen molar-refractivity contribution in [2.45, 2.75) is 36.6 Å². The van der Waals surface area contributed by atoms with Gasteiger partial charge in [-0.2, -0.15) is 4.31 Å². The summed E-state index contributed by atoms with van der Waals surface area (Å²) < 4.78 is 27.5. The number of nitrogens with zero attached hydrogens (tertiary/aromatic N) is 1. The molecule has 144 valence electrons. The van der Waals surface area contributed by atoms with Crippen molar-refractivity contribution in [2.24, 2.45) is 5.73 Å². The van der Waals surface area contributed by atoms with Crippen LogP contribution in [0.25, 0.3) is 0 Å². The summed E-state index contributed by atoms with van der Waals surface area (Å²) in [6.07, 6.45) is 2.61. The van der Waals surface area contributed by atoms with Crippen molar-refractivity contribution in [3.8, 4) is 0 Å². The number of nitrogens with two attached hydrogens (primary N) is 1. The van der Waals surface area contributed by atoms with Crippen LogP contribution in [-0.2, 0) is 14.8 Å². The molecule has 2 amide bonds. The molecule has 4 N–H and O–H groups in total. The Morgan fingerprint density at radius 3 is 2.54 bits per heavy atom. The smallest absolute Gasteiger partial charge is 0.251 e. The first-order chi connectivity index (χ1) is 12.4. The number of hydrogen-bond acceptors (Lipinski definition) is 5. The van der Waals surface area contributed by atoms with Crippen molar-refractivity contribution in [1.29, 1.82) is 0 Å². The molecule has 8 nitrogen and oxygen atoms in total. The summed E-state index contributed by atoms with van der Waals surface area (Å²) in [6, 6.07) is 5.59. The molecule has 1 aliphatic heterocycles. The van der Waals surface area contributed by atoms with Gasteiger partial charge in [0.05, 0.1) is 4.90 Å². The summed E-state index contributed by atoms with van der Waals surface area (Å²) in [5.74, 6) is -0.447. The number of benzene rings is 1. The van der Waals surface area contributed by atoms with Gasteiger partial charge < -0.3 is 16.4 Å². The molecule has 0 aliphatic carbocycles. The number of nitrogens with one attached hydrogen (secondary N) is 2. The van der Waals surface area contributed by atoms with E-state index in [4.69, 9.17) is 5.73 Å². The second-order valence-corrected chi connectivity index (χ2v) is 8.10. The molecule has 0 radical (unpaired) electrons. The fraction of sp³-hybridized carbons (Fsp3) is 0.529. The summed E-state index contributed by atoms with van der Waals surface area (Å²) in [5.41, 5.74) is 5.76. The van der Waals surface area contributed by atoms with Crippen molar-refractivity contribution in [1.82, 2.24) is 14.9 Å². The number of carbonyl (C=O) groups excluding carboxylic acids is 2. The number of rotatable bonds is 7. The predicted octanol–water partition coefficient (Wildman–Crippen LogP) is 0.0544. The summed E-state index contributed by atoms with van der Waals surface area (Å²) in [4.78, 5) is 23.4. The Balaban J connectivity index is 2.16. The monoisotopic (exact) mass is 382 g/mol. The highest BCUT2D eigenvalue weighted by Gasteiger charge is 2.33. The standard InChI is InChI=1S/C17H26N4O4S/c1-19-17(23)13-5-7-15(8-6-13)26(24,25)21-11-3-2-4-14(21)12-20-16(22)9-10-18/h5-8,14H,2-4,9-12,18H2,1H3,(H,19,23)(H,20,22). The topological polar surface area (TPSA) is 122 Å². The highest BCUT2D eigenvalue weighted by atomic mass is 32.2. The van der Waals surface area contributed by atoms with Gasteiger partial charge in [-0.1, -0.05) is 6.42 Å². The Labute approximate surface area is 154 Å². The molecular formula is C17H26N4O4S. The number of amides is 2. The number of hydrogen-bond donors (Lipinski definition) is 3. The lowest BCUT2D eigenvalue weighted by atomic mass is 10.1. The van der Waals surface area contributed by atoms with Gasteiger partial charge >= 0.3 is 0 Å². The van der Waals surface area contributed by atoms with Crippen LogP contribution in [0.1, 0.15) is 36.0 Å². The van der Waals surface area contributed by atoms with Gasteiger partial charge in [-0.25, -0.2) is 8.42 Å². The van der Waals surface area contributed by atoms with E-state index >= 15 is 0 Å². The lowest BCUT2D eigenvalue weighted by molar-refractivity contribution is -0.121. The van der Waals surface area contributed by atoms with Crippen LogP contribution in [0.5, 0.6) is 0 Å². The van der Waals surface area contributed by atoms with E-state index in [0.29, 0.717) is 18.5 Å². The minimum Gasteiger partial charge on any atom is -0.355 e.